The summed E-state index contributed by atoms with van der Waals surface area (Å²) in [7, 11) is 1.97. The van der Waals surface area contributed by atoms with Crippen molar-refractivity contribution in [1.29, 1.82) is 0 Å². The van der Waals surface area contributed by atoms with Gasteiger partial charge < -0.3 is 15.2 Å². The van der Waals surface area contributed by atoms with Crippen LogP contribution in [0.4, 0.5) is 17.6 Å². The lowest BCUT2D eigenvalue weighted by Crippen LogP contribution is -2.38. The van der Waals surface area contributed by atoms with E-state index in [4.69, 9.17) is 0 Å². The highest BCUT2D eigenvalue weighted by Crippen LogP contribution is 2.34. The molecular weight excluding hydrogens is 478 g/mol. The quantitative estimate of drug-likeness (QED) is 0.214. The molecule has 1 heterocycles. The number of ether oxygens (including phenoxy) is 1. The SMILES string of the molecule is C=N/C=C\C(C(=O)O)=C(/C)NC[C@H]1c2ccc(-c3ccc(OCC(F)(F)F)cc3F)cc2CCN1C. The van der Waals surface area contributed by atoms with E-state index in [0.717, 1.165) is 30.2 Å². The van der Waals surface area contributed by atoms with Crippen LogP contribution in [0.1, 0.15) is 24.1 Å². The summed E-state index contributed by atoms with van der Waals surface area (Å²) in [5.74, 6) is -1.95. The number of carbonyl (C=O) groups is 1. The molecule has 0 bridgehead atoms. The summed E-state index contributed by atoms with van der Waals surface area (Å²) in [6, 6.07) is 9.17. The molecule has 2 aromatic carbocycles. The van der Waals surface area contributed by atoms with Crippen LogP contribution in [0.25, 0.3) is 11.1 Å². The first kappa shape index (κ1) is 26.9. The second-order valence-corrected chi connectivity index (χ2v) is 8.43. The molecule has 2 aromatic rings. The maximum atomic E-state index is 14.7. The van der Waals surface area contributed by atoms with Gasteiger partial charge in [-0.3, -0.25) is 9.89 Å². The highest BCUT2D eigenvalue weighted by Gasteiger charge is 2.29. The van der Waals surface area contributed by atoms with E-state index < -0.39 is 24.6 Å². The number of nitrogens with zero attached hydrogens (tertiary/aromatic N) is 2. The molecule has 2 N–H and O–H groups in total. The average Bonchev–Trinajstić information content (AvgIpc) is 2.81. The number of aliphatic carboxylic acids is 1. The van der Waals surface area contributed by atoms with Crippen molar-refractivity contribution in [2.45, 2.75) is 25.6 Å². The lowest BCUT2D eigenvalue weighted by atomic mass is 9.89. The summed E-state index contributed by atoms with van der Waals surface area (Å²) in [5, 5.41) is 12.6. The first-order valence-corrected chi connectivity index (χ1v) is 11.1. The van der Waals surface area contributed by atoms with Crippen LogP contribution in [0, 0.1) is 5.82 Å². The van der Waals surface area contributed by atoms with Gasteiger partial charge in [0.2, 0.25) is 0 Å². The number of allylic oxidation sites excluding steroid dienone is 1. The molecule has 3 rings (SSSR count). The third-order valence-electron chi connectivity index (χ3n) is 5.96. The minimum Gasteiger partial charge on any atom is -0.484 e. The Kier molecular flexibility index (Phi) is 8.52. The van der Waals surface area contributed by atoms with Crippen molar-refractivity contribution in [1.82, 2.24) is 10.2 Å². The highest BCUT2D eigenvalue weighted by atomic mass is 19.4. The van der Waals surface area contributed by atoms with Crippen LogP contribution in [-0.4, -0.2) is 55.6 Å². The van der Waals surface area contributed by atoms with Crippen molar-refractivity contribution >= 4 is 12.7 Å². The summed E-state index contributed by atoms with van der Waals surface area (Å²) in [4.78, 5) is 17.3. The van der Waals surface area contributed by atoms with E-state index in [1.807, 2.05) is 19.2 Å². The topological polar surface area (TPSA) is 74.2 Å². The summed E-state index contributed by atoms with van der Waals surface area (Å²) in [5.41, 5.74) is 3.47. The van der Waals surface area contributed by atoms with Crippen molar-refractivity contribution in [3.8, 4) is 16.9 Å². The number of aliphatic imine (C=N–C) groups is 1. The number of nitrogens with one attached hydrogen (secondary N) is 1. The summed E-state index contributed by atoms with van der Waals surface area (Å²) in [6.07, 6.45) is -1.09. The molecule has 192 valence electrons. The molecule has 0 fully saturated rings. The van der Waals surface area contributed by atoms with Crippen molar-refractivity contribution in [3.05, 3.63) is 76.9 Å². The fourth-order valence-corrected chi connectivity index (χ4v) is 4.08. The normalized spacial score (nSPS) is 16.9. The second kappa shape index (κ2) is 11.4. The smallest absolute Gasteiger partial charge is 0.422 e. The van der Waals surface area contributed by atoms with E-state index in [1.165, 1.54) is 24.4 Å². The van der Waals surface area contributed by atoms with Gasteiger partial charge in [0.25, 0.3) is 0 Å². The van der Waals surface area contributed by atoms with Gasteiger partial charge in [-0.25, -0.2) is 9.18 Å². The van der Waals surface area contributed by atoms with Gasteiger partial charge in [0, 0.05) is 36.6 Å². The number of fused-ring (bicyclic) bond motifs is 1. The molecular formula is C26H27F4N3O3. The monoisotopic (exact) mass is 505 g/mol. The molecule has 0 spiro atoms. The summed E-state index contributed by atoms with van der Waals surface area (Å²) < 4.78 is 56.4. The third-order valence-corrected chi connectivity index (χ3v) is 5.96. The first-order valence-electron chi connectivity index (χ1n) is 11.1. The van der Waals surface area contributed by atoms with Crippen LogP contribution < -0.4 is 10.1 Å². The van der Waals surface area contributed by atoms with Gasteiger partial charge in [-0.05, 0) is 62.0 Å². The molecule has 0 radical (unpaired) electrons. The molecule has 36 heavy (non-hydrogen) atoms. The van der Waals surface area contributed by atoms with Crippen molar-refractivity contribution in [3.63, 3.8) is 0 Å². The maximum absolute atomic E-state index is 14.7. The Hall–Kier alpha value is -3.66. The van der Waals surface area contributed by atoms with Crippen molar-refractivity contribution in [2.75, 3.05) is 26.7 Å². The number of likely N-dealkylation sites (N-methyl/N-ethyl adjacent to an activating group) is 1. The second-order valence-electron chi connectivity index (χ2n) is 8.43. The van der Waals surface area contributed by atoms with Crippen molar-refractivity contribution in [2.24, 2.45) is 4.99 Å². The van der Waals surface area contributed by atoms with E-state index >= 15 is 0 Å². The minimum absolute atomic E-state index is 0.0581. The van der Waals surface area contributed by atoms with Crippen LogP contribution in [0.5, 0.6) is 5.75 Å². The third kappa shape index (κ3) is 6.72. The Morgan fingerprint density at radius 1 is 1.31 bits per heavy atom. The number of alkyl halides is 3. The molecule has 1 aliphatic rings. The van der Waals surface area contributed by atoms with E-state index in [0.29, 0.717) is 17.8 Å². The zero-order chi connectivity index (χ0) is 26.5. The van der Waals surface area contributed by atoms with Gasteiger partial charge in [0.1, 0.15) is 11.6 Å². The van der Waals surface area contributed by atoms with Gasteiger partial charge in [0.15, 0.2) is 6.61 Å². The van der Waals surface area contributed by atoms with Crippen LogP contribution >= 0.6 is 0 Å². The molecule has 0 saturated heterocycles. The lowest BCUT2D eigenvalue weighted by molar-refractivity contribution is -0.153. The number of benzene rings is 2. The molecule has 1 aliphatic heterocycles. The first-order chi connectivity index (χ1) is 17.0. The predicted molar refractivity (Wildman–Crippen MR) is 129 cm³/mol. The van der Waals surface area contributed by atoms with Gasteiger partial charge in [-0.2, -0.15) is 13.2 Å². The fourth-order valence-electron chi connectivity index (χ4n) is 4.08. The van der Waals surface area contributed by atoms with Crippen LogP contribution in [0.3, 0.4) is 0 Å². The highest BCUT2D eigenvalue weighted by molar-refractivity contribution is 5.90. The zero-order valence-corrected chi connectivity index (χ0v) is 19.9. The van der Waals surface area contributed by atoms with Gasteiger partial charge in [-0.15, -0.1) is 0 Å². The fraction of sp³-hybridized carbons (Fsp3) is 0.308. The average molecular weight is 506 g/mol. The Bertz CT molecular complexity index is 1190. The Balaban J connectivity index is 1.81. The van der Waals surface area contributed by atoms with Gasteiger partial charge in [0.05, 0.1) is 11.6 Å². The molecule has 1 atom stereocenters. The van der Waals surface area contributed by atoms with Gasteiger partial charge in [-0.1, -0.05) is 18.2 Å². The predicted octanol–water partition coefficient (Wildman–Crippen LogP) is 5.13. The number of halogens is 4. The van der Waals surface area contributed by atoms with Crippen LogP contribution in [-0.2, 0) is 11.2 Å². The molecule has 0 aromatic heterocycles. The summed E-state index contributed by atoms with van der Waals surface area (Å²) in [6.45, 7) is 4.68. The molecule has 6 nitrogen and oxygen atoms in total. The lowest BCUT2D eigenvalue weighted by Gasteiger charge is -2.35. The molecule has 0 aliphatic carbocycles. The zero-order valence-electron chi connectivity index (χ0n) is 19.9. The van der Waals surface area contributed by atoms with E-state index in [-0.39, 0.29) is 22.9 Å². The number of carboxylic acids is 1. The number of hydrogen-bond donors (Lipinski definition) is 2. The number of rotatable bonds is 9. The van der Waals surface area contributed by atoms with E-state index in [2.05, 4.69) is 26.7 Å². The Morgan fingerprint density at radius 2 is 2.06 bits per heavy atom. The van der Waals surface area contributed by atoms with Crippen LogP contribution in [0.15, 0.2) is 64.9 Å². The molecule has 0 unspecified atom stereocenters. The van der Waals surface area contributed by atoms with Crippen LogP contribution in [0.2, 0.25) is 0 Å². The standard InChI is InChI=1S/C26H27F4N3O3/c1-16(20(25(34)35)8-10-31-2)32-14-24-22-6-4-17(12-18(22)9-11-33(24)3)21-7-5-19(13-23(21)27)36-15-26(28,29)30/h4-8,10,12-13,24,32H,2,9,11,14-15H2,1,3H3,(H,34,35)/b10-8-,20-16-/t24-/m0/s1. The Morgan fingerprint density at radius 3 is 2.69 bits per heavy atom. The maximum Gasteiger partial charge on any atom is 0.422 e. The number of carboxylic acid groups (broad SMARTS) is 1. The largest absolute Gasteiger partial charge is 0.484 e. The van der Waals surface area contributed by atoms with Crippen molar-refractivity contribution < 1.29 is 32.2 Å². The van der Waals surface area contributed by atoms with E-state index in [9.17, 15) is 27.5 Å². The molecule has 0 amide bonds. The Labute approximate surface area is 206 Å². The van der Waals surface area contributed by atoms with Gasteiger partial charge >= 0.3 is 12.1 Å². The van der Waals surface area contributed by atoms with E-state index in [1.54, 1.807) is 13.0 Å². The summed E-state index contributed by atoms with van der Waals surface area (Å²) >= 11 is 0. The number of hydrogen-bond acceptors (Lipinski definition) is 5. The minimum atomic E-state index is -4.50. The molecule has 0 saturated carbocycles. The molecule has 10 heteroatoms.